The highest BCUT2D eigenvalue weighted by atomic mass is 16.6. The van der Waals surface area contributed by atoms with Gasteiger partial charge in [-0.25, -0.2) is 9.78 Å². The van der Waals surface area contributed by atoms with E-state index in [2.05, 4.69) is 22.0 Å². The van der Waals surface area contributed by atoms with Gasteiger partial charge in [0.15, 0.2) is 5.60 Å². The first kappa shape index (κ1) is 20.0. The van der Waals surface area contributed by atoms with Crippen LogP contribution in [0.5, 0.6) is 0 Å². The van der Waals surface area contributed by atoms with Crippen molar-refractivity contribution in [1.82, 2.24) is 9.88 Å². The van der Waals surface area contributed by atoms with Gasteiger partial charge < -0.3 is 19.3 Å². The minimum Gasteiger partial charge on any atom is -0.462 e. The molecule has 0 N–H and O–H groups in total. The number of pyridine rings is 1. The number of carbonyl (C=O) groups is 2. The second kappa shape index (κ2) is 7.96. The molecule has 2 unspecified atom stereocenters. The Morgan fingerprint density at radius 1 is 1.16 bits per heavy atom. The van der Waals surface area contributed by atoms with E-state index in [1.54, 1.807) is 19.2 Å². The van der Waals surface area contributed by atoms with Crippen molar-refractivity contribution in [3.05, 3.63) is 59.8 Å². The summed E-state index contributed by atoms with van der Waals surface area (Å²) in [7, 11) is 0. The number of amides is 1. The SMILES string of the molecule is CCOC(=O)c1ccc(N2CCC3(CC2)OC2CCC(c4ccccc4)N2C3=O)nc1. The number of rotatable bonds is 4. The Morgan fingerprint density at radius 2 is 1.94 bits per heavy atom. The summed E-state index contributed by atoms with van der Waals surface area (Å²) in [5, 5.41) is 0. The Kier molecular flexibility index (Phi) is 5.14. The lowest BCUT2D eigenvalue weighted by atomic mass is 9.89. The first-order valence-electron chi connectivity index (χ1n) is 11.0. The number of benzene rings is 1. The normalized spacial score (nSPS) is 24.5. The van der Waals surface area contributed by atoms with Crippen molar-refractivity contribution in [1.29, 1.82) is 0 Å². The van der Waals surface area contributed by atoms with Crippen molar-refractivity contribution in [2.24, 2.45) is 0 Å². The van der Waals surface area contributed by atoms with E-state index in [4.69, 9.17) is 9.47 Å². The number of esters is 1. The van der Waals surface area contributed by atoms with Crippen molar-refractivity contribution in [3.63, 3.8) is 0 Å². The quantitative estimate of drug-likeness (QED) is 0.706. The van der Waals surface area contributed by atoms with Crippen LogP contribution < -0.4 is 4.90 Å². The lowest BCUT2D eigenvalue weighted by Gasteiger charge is -2.38. The predicted molar refractivity (Wildman–Crippen MR) is 115 cm³/mol. The highest BCUT2D eigenvalue weighted by molar-refractivity contribution is 5.89. The number of ether oxygens (including phenoxy) is 2. The van der Waals surface area contributed by atoms with Gasteiger partial charge in [-0.1, -0.05) is 30.3 Å². The lowest BCUT2D eigenvalue weighted by molar-refractivity contribution is -0.140. The van der Waals surface area contributed by atoms with Crippen LogP contribution in [-0.2, 0) is 14.3 Å². The Bertz CT molecular complexity index is 955. The average Bonchev–Trinajstić information content (AvgIpc) is 3.33. The van der Waals surface area contributed by atoms with E-state index in [9.17, 15) is 9.59 Å². The largest absolute Gasteiger partial charge is 0.462 e. The van der Waals surface area contributed by atoms with Gasteiger partial charge in [0.25, 0.3) is 5.91 Å². The molecule has 0 radical (unpaired) electrons. The number of nitrogens with zero attached hydrogens (tertiary/aromatic N) is 3. The van der Waals surface area contributed by atoms with Crippen LogP contribution in [-0.4, -0.2) is 53.3 Å². The molecule has 3 saturated heterocycles. The van der Waals surface area contributed by atoms with E-state index < -0.39 is 5.60 Å². The summed E-state index contributed by atoms with van der Waals surface area (Å²) in [5.41, 5.74) is 0.905. The number of piperidine rings is 1. The maximum atomic E-state index is 13.5. The van der Waals surface area contributed by atoms with Gasteiger partial charge in [-0.05, 0) is 37.5 Å². The molecule has 2 aromatic rings. The van der Waals surface area contributed by atoms with Crippen LogP contribution in [0.1, 0.15) is 54.6 Å². The first-order chi connectivity index (χ1) is 15.1. The van der Waals surface area contributed by atoms with Crippen molar-refractivity contribution in [3.8, 4) is 0 Å². The fraction of sp³-hybridized carbons (Fsp3) is 0.458. The second-order valence-electron chi connectivity index (χ2n) is 8.40. The summed E-state index contributed by atoms with van der Waals surface area (Å²) in [6.45, 7) is 3.50. The van der Waals surface area contributed by atoms with E-state index in [0.29, 0.717) is 38.1 Å². The minimum atomic E-state index is -0.723. The molecule has 0 aliphatic carbocycles. The monoisotopic (exact) mass is 421 g/mol. The summed E-state index contributed by atoms with van der Waals surface area (Å²) in [6, 6.07) is 13.9. The van der Waals surface area contributed by atoms with E-state index >= 15 is 0 Å². The molecule has 7 nitrogen and oxygen atoms in total. The van der Waals surface area contributed by atoms with Crippen molar-refractivity contribution in [2.45, 2.75) is 50.5 Å². The maximum absolute atomic E-state index is 13.5. The third kappa shape index (κ3) is 3.47. The van der Waals surface area contributed by atoms with Crippen LogP contribution in [0.25, 0.3) is 0 Å². The number of anilines is 1. The Morgan fingerprint density at radius 3 is 2.61 bits per heavy atom. The molecular formula is C24H27N3O4. The number of fused-ring (bicyclic) bond motifs is 1. The first-order valence-corrected chi connectivity index (χ1v) is 11.0. The van der Waals surface area contributed by atoms with E-state index in [1.165, 1.54) is 5.56 Å². The topological polar surface area (TPSA) is 72.0 Å². The molecule has 0 bridgehead atoms. The summed E-state index contributed by atoms with van der Waals surface area (Å²) in [4.78, 5) is 33.9. The Balaban J connectivity index is 1.26. The smallest absolute Gasteiger partial charge is 0.339 e. The number of aromatic nitrogens is 1. The fourth-order valence-electron chi connectivity index (χ4n) is 5.05. The molecule has 1 aromatic heterocycles. The van der Waals surface area contributed by atoms with Crippen molar-refractivity contribution < 1.29 is 19.1 Å². The van der Waals surface area contributed by atoms with Crippen LogP contribution in [0.4, 0.5) is 5.82 Å². The predicted octanol–water partition coefficient (Wildman–Crippen LogP) is 3.32. The molecule has 2 atom stereocenters. The van der Waals surface area contributed by atoms with Crippen LogP contribution >= 0.6 is 0 Å². The van der Waals surface area contributed by atoms with Gasteiger partial charge in [-0.3, -0.25) is 4.79 Å². The molecule has 4 heterocycles. The maximum Gasteiger partial charge on any atom is 0.339 e. The zero-order chi connectivity index (χ0) is 21.4. The molecule has 0 saturated carbocycles. The summed E-state index contributed by atoms with van der Waals surface area (Å²) >= 11 is 0. The second-order valence-corrected chi connectivity index (χ2v) is 8.40. The fourth-order valence-corrected chi connectivity index (χ4v) is 5.05. The zero-order valence-corrected chi connectivity index (χ0v) is 17.7. The van der Waals surface area contributed by atoms with E-state index in [0.717, 1.165) is 18.7 Å². The van der Waals surface area contributed by atoms with Crippen molar-refractivity contribution >= 4 is 17.7 Å². The lowest BCUT2D eigenvalue weighted by Crippen LogP contribution is -2.50. The van der Waals surface area contributed by atoms with Gasteiger partial charge in [0.1, 0.15) is 12.0 Å². The van der Waals surface area contributed by atoms with Gasteiger partial charge in [-0.2, -0.15) is 0 Å². The van der Waals surface area contributed by atoms with E-state index in [-0.39, 0.29) is 24.1 Å². The van der Waals surface area contributed by atoms with Crippen LogP contribution in [0, 0.1) is 0 Å². The standard InChI is InChI=1S/C24H27N3O4/c1-2-30-22(28)18-8-10-20(25-16-18)26-14-12-24(13-15-26)23(29)27-19(9-11-21(27)31-24)17-6-4-3-5-7-17/h3-8,10,16,19,21H,2,9,11-15H2,1H3. The van der Waals surface area contributed by atoms with E-state index in [1.807, 2.05) is 29.2 Å². The molecule has 1 aromatic carbocycles. The summed E-state index contributed by atoms with van der Waals surface area (Å²) < 4.78 is 11.4. The third-order valence-corrected chi connectivity index (χ3v) is 6.66. The molecule has 162 valence electrons. The number of carbonyl (C=O) groups excluding carboxylic acids is 2. The third-order valence-electron chi connectivity index (χ3n) is 6.66. The molecular weight excluding hydrogens is 394 g/mol. The van der Waals surface area contributed by atoms with Crippen LogP contribution in [0.15, 0.2) is 48.7 Å². The van der Waals surface area contributed by atoms with Gasteiger partial charge in [0.2, 0.25) is 0 Å². The number of hydrogen-bond donors (Lipinski definition) is 0. The minimum absolute atomic E-state index is 0.105. The van der Waals surface area contributed by atoms with Gasteiger partial charge >= 0.3 is 5.97 Å². The highest BCUT2D eigenvalue weighted by Crippen LogP contribution is 2.47. The Hall–Kier alpha value is -2.93. The van der Waals surface area contributed by atoms with Crippen molar-refractivity contribution in [2.75, 3.05) is 24.6 Å². The van der Waals surface area contributed by atoms with Crippen LogP contribution in [0.2, 0.25) is 0 Å². The molecule has 1 spiro atoms. The average molecular weight is 421 g/mol. The Labute approximate surface area is 182 Å². The molecule has 1 amide bonds. The van der Waals surface area contributed by atoms with Gasteiger partial charge in [0.05, 0.1) is 18.2 Å². The molecule has 31 heavy (non-hydrogen) atoms. The zero-order valence-electron chi connectivity index (χ0n) is 17.7. The van der Waals surface area contributed by atoms with Gasteiger partial charge in [-0.15, -0.1) is 0 Å². The molecule has 3 aliphatic rings. The number of hydrogen-bond acceptors (Lipinski definition) is 6. The molecule has 5 rings (SSSR count). The molecule has 3 aliphatic heterocycles. The molecule has 3 fully saturated rings. The van der Waals surface area contributed by atoms with Gasteiger partial charge in [0, 0.05) is 32.1 Å². The van der Waals surface area contributed by atoms with Crippen LogP contribution in [0.3, 0.4) is 0 Å². The summed E-state index contributed by atoms with van der Waals surface area (Å²) in [5.74, 6) is 0.572. The summed E-state index contributed by atoms with van der Waals surface area (Å²) in [6.07, 6.45) is 4.54. The molecule has 7 heteroatoms. The highest BCUT2D eigenvalue weighted by Gasteiger charge is 2.57.